The van der Waals surface area contributed by atoms with E-state index in [4.69, 9.17) is 0 Å². The molecular formula is C15H30. The second kappa shape index (κ2) is 10.3. The van der Waals surface area contributed by atoms with E-state index in [0.29, 0.717) is 0 Å². The van der Waals surface area contributed by atoms with Gasteiger partial charge in [0, 0.05) is 0 Å². The van der Waals surface area contributed by atoms with Crippen LogP contribution in [0.25, 0.3) is 0 Å². The Morgan fingerprint density at radius 2 is 1.73 bits per heavy atom. The molecule has 0 saturated carbocycles. The van der Waals surface area contributed by atoms with E-state index >= 15 is 0 Å². The fraction of sp³-hybridized carbons (Fsp3) is 0.867. The van der Waals surface area contributed by atoms with Gasteiger partial charge in [-0.3, -0.25) is 0 Å². The zero-order valence-corrected chi connectivity index (χ0v) is 11.3. The molecule has 0 aliphatic heterocycles. The Morgan fingerprint density at radius 1 is 1.07 bits per heavy atom. The molecule has 0 N–H and O–H groups in total. The molecule has 0 aromatic rings. The van der Waals surface area contributed by atoms with Crippen LogP contribution in [0.15, 0.2) is 11.6 Å². The summed E-state index contributed by atoms with van der Waals surface area (Å²) in [6.07, 6.45) is 13.2. The summed E-state index contributed by atoms with van der Waals surface area (Å²) in [5.74, 6) is 0.870. The van der Waals surface area contributed by atoms with Gasteiger partial charge in [-0.2, -0.15) is 0 Å². The van der Waals surface area contributed by atoms with E-state index in [1.165, 1.54) is 51.4 Å². The standard InChI is InChI=1S/C15H30/c1-5-8-10-12-15(11-9-6-2)13-14(4)7-3/h12,14H,5-11,13H2,1-4H3. The third-order valence-electron chi connectivity index (χ3n) is 3.15. The first-order chi connectivity index (χ1) is 7.24. The van der Waals surface area contributed by atoms with E-state index in [9.17, 15) is 0 Å². The van der Waals surface area contributed by atoms with E-state index in [-0.39, 0.29) is 0 Å². The van der Waals surface area contributed by atoms with E-state index in [0.717, 1.165) is 5.92 Å². The number of hydrogen-bond donors (Lipinski definition) is 0. The number of hydrogen-bond acceptors (Lipinski definition) is 0. The summed E-state index contributed by atoms with van der Waals surface area (Å²) >= 11 is 0. The van der Waals surface area contributed by atoms with Crippen molar-refractivity contribution in [2.45, 2.75) is 79.1 Å². The first kappa shape index (κ1) is 14.7. The minimum absolute atomic E-state index is 0.870. The lowest BCUT2D eigenvalue weighted by Gasteiger charge is -2.12. The second-order valence-corrected chi connectivity index (χ2v) is 4.83. The van der Waals surface area contributed by atoms with Crippen LogP contribution in [-0.4, -0.2) is 0 Å². The van der Waals surface area contributed by atoms with Gasteiger partial charge < -0.3 is 0 Å². The maximum absolute atomic E-state index is 2.52. The van der Waals surface area contributed by atoms with Crippen LogP contribution in [0.1, 0.15) is 79.1 Å². The monoisotopic (exact) mass is 210 g/mol. The first-order valence-electron chi connectivity index (χ1n) is 6.92. The molecule has 0 heteroatoms. The number of unbranched alkanes of at least 4 members (excludes halogenated alkanes) is 3. The van der Waals surface area contributed by atoms with Gasteiger partial charge in [0.25, 0.3) is 0 Å². The largest absolute Gasteiger partial charge is 0.0853 e. The van der Waals surface area contributed by atoms with Gasteiger partial charge in [-0.15, -0.1) is 0 Å². The van der Waals surface area contributed by atoms with Crippen molar-refractivity contribution < 1.29 is 0 Å². The van der Waals surface area contributed by atoms with Crippen LogP contribution in [-0.2, 0) is 0 Å². The summed E-state index contributed by atoms with van der Waals surface area (Å²) in [6, 6.07) is 0. The molecule has 0 amide bonds. The van der Waals surface area contributed by atoms with E-state index < -0.39 is 0 Å². The van der Waals surface area contributed by atoms with Gasteiger partial charge in [-0.25, -0.2) is 0 Å². The predicted octanol–water partition coefficient (Wildman–Crippen LogP) is 5.73. The van der Waals surface area contributed by atoms with Crippen molar-refractivity contribution in [1.29, 1.82) is 0 Å². The Labute approximate surface area is 97.2 Å². The third-order valence-corrected chi connectivity index (χ3v) is 3.15. The summed E-state index contributed by atoms with van der Waals surface area (Å²) in [5, 5.41) is 0. The smallest absolute Gasteiger partial charge is 0.0295 e. The summed E-state index contributed by atoms with van der Waals surface area (Å²) in [4.78, 5) is 0. The van der Waals surface area contributed by atoms with Gasteiger partial charge in [0.1, 0.15) is 0 Å². The SMILES string of the molecule is CCCCC=C(CCCC)CC(C)CC. The van der Waals surface area contributed by atoms with Crippen LogP contribution < -0.4 is 0 Å². The maximum Gasteiger partial charge on any atom is -0.0295 e. The zero-order valence-electron chi connectivity index (χ0n) is 11.3. The average Bonchev–Trinajstić information content (AvgIpc) is 2.25. The van der Waals surface area contributed by atoms with Gasteiger partial charge in [-0.1, -0.05) is 65.0 Å². The molecule has 1 unspecified atom stereocenters. The molecule has 0 radical (unpaired) electrons. The van der Waals surface area contributed by atoms with Crippen LogP contribution in [0.3, 0.4) is 0 Å². The van der Waals surface area contributed by atoms with Crippen LogP contribution in [0, 0.1) is 5.92 Å². The van der Waals surface area contributed by atoms with Crippen molar-refractivity contribution in [3.63, 3.8) is 0 Å². The molecular weight excluding hydrogens is 180 g/mol. The summed E-state index contributed by atoms with van der Waals surface area (Å²) in [5.41, 5.74) is 1.72. The minimum Gasteiger partial charge on any atom is -0.0853 e. The Kier molecular flexibility index (Phi) is 10.1. The molecule has 90 valence electrons. The predicted molar refractivity (Wildman–Crippen MR) is 71.2 cm³/mol. The van der Waals surface area contributed by atoms with Crippen molar-refractivity contribution in [2.24, 2.45) is 5.92 Å². The molecule has 0 aromatic heterocycles. The third kappa shape index (κ3) is 8.72. The molecule has 0 rings (SSSR count). The quantitative estimate of drug-likeness (QED) is 0.337. The molecule has 0 aliphatic rings. The fourth-order valence-electron chi connectivity index (χ4n) is 1.79. The van der Waals surface area contributed by atoms with Gasteiger partial charge in [-0.05, 0) is 31.6 Å². The van der Waals surface area contributed by atoms with Crippen LogP contribution >= 0.6 is 0 Å². The second-order valence-electron chi connectivity index (χ2n) is 4.83. The Morgan fingerprint density at radius 3 is 2.27 bits per heavy atom. The summed E-state index contributed by atoms with van der Waals surface area (Å²) in [7, 11) is 0. The molecule has 0 spiro atoms. The zero-order chi connectivity index (χ0) is 11.5. The lowest BCUT2D eigenvalue weighted by atomic mass is 9.94. The van der Waals surface area contributed by atoms with Crippen molar-refractivity contribution in [1.82, 2.24) is 0 Å². The number of rotatable bonds is 9. The lowest BCUT2D eigenvalue weighted by molar-refractivity contribution is 0.540. The molecule has 0 nitrogen and oxygen atoms in total. The molecule has 1 atom stereocenters. The summed E-state index contributed by atoms with van der Waals surface area (Å²) < 4.78 is 0. The maximum atomic E-state index is 2.52. The molecule has 0 heterocycles. The van der Waals surface area contributed by atoms with Gasteiger partial charge in [0.05, 0.1) is 0 Å². The van der Waals surface area contributed by atoms with Crippen molar-refractivity contribution >= 4 is 0 Å². The van der Waals surface area contributed by atoms with Crippen LogP contribution in [0.2, 0.25) is 0 Å². The summed E-state index contributed by atoms with van der Waals surface area (Å²) in [6.45, 7) is 9.23. The van der Waals surface area contributed by atoms with Gasteiger partial charge in [0.2, 0.25) is 0 Å². The van der Waals surface area contributed by atoms with Crippen molar-refractivity contribution in [3.05, 3.63) is 11.6 Å². The average molecular weight is 210 g/mol. The molecule has 0 bridgehead atoms. The van der Waals surface area contributed by atoms with Crippen LogP contribution in [0.5, 0.6) is 0 Å². The van der Waals surface area contributed by atoms with Gasteiger partial charge >= 0.3 is 0 Å². The number of allylic oxidation sites excluding steroid dienone is 2. The highest BCUT2D eigenvalue weighted by Crippen LogP contribution is 2.20. The highest BCUT2D eigenvalue weighted by molar-refractivity contribution is 5.02. The van der Waals surface area contributed by atoms with Crippen LogP contribution in [0.4, 0.5) is 0 Å². The Balaban J connectivity index is 3.98. The van der Waals surface area contributed by atoms with Crippen molar-refractivity contribution in [2.75, 3.05) is 0 Å². The van der Waals surface area contributed by atoms with E-state index in [2.05, 4.69) is 33.8 Å². The molecule has 0 fully saturated rings. The normalized spacial score (nSPS) is 14.3. The Hall–Kier alpha value is -0.260. The topological polar surface area (TPSA) is 0 Å². The Bertz CT molecular complexity index is 155. The highest BCUT2D eigenvalue weighted by Gasteiger charge is 2.03. The lowest BCUT2D eigenvalue weighted by Crippen LogP contribution is -1.96. The first-order valence-corrected chi connectivity index (χ1v) is 6.92. The molecule has 0 saturated heterocycles. The minimum atomic E-state index is 0.870. The fourth-order valence-corrected chi connectivity index (χ4v) is 1.79. The highest BCUT2D eigenvalue weighted by atomic mass is 14.1. The van der Waals surface area contributed by atoms with Gasteiger partial charge in [0.15, 0.2) is 0 Å². The van der Waals surface area contributed by atoms with Crippen molar-refractivity contribution in [3.8, 4) is 0 Å². The molecule has 15 heavy (non-hydrogen) atoms. The molecule has 0 aromatic carbocycles. The van der Waals surface area contributed by atoms with E-state index in [1.807, 2.05) is 0 Å². The molecule has 0 aliphatic carbocycles. The van der Waals surface area contributed by atoms with E-state index in [1.54, 1.807) is 5.57 Å².